The number of alkyl halides is 3. The van der Waals surface area contributed by atoms with Crippen LogP contribution in [-0.4, -0.2) is 40.4 Å². The maximum Gasteiger partial charge on any atom is 0.416 e. The number of hydrogen-bond acceptors (Lipinski definition) is 3. The first-order valence-corrected chi connectivity index (χ1v) is 9.59. The van der Waals surface area contributed by atoms with Gasteiger partial charge in [0.2, 0.25) is 5.91 Å². The zero-order valence-corrected chi connectivity index (χ0v) is 15.6. The van der Waals surface area contributed by atoms with E-state index in [0.717, 1.165) is 69.6 Å². The van der Waals surface area contributed by atoms with Gasteiger partial charge in [0.25, 0.3) is 0 Å². The minimum absolute atomic E-state index is 0.157. The zero-order chi connectivity index (χ0) is 20.0. The van der Waals surface area contributed by atoms with Crippen LogP contribution in [0.5, 0.6) is 0 Å². The molecule has 5 nitrogen and oxygen atoms in total. The van der Waals surface area contributed by atoms with Gasteiger partial charge in [-0.3, -0.25) is 4.79 Å². The molecule has 2 aromatic rings. The zero-order valence-electron chi connectivity index (χ0n) is 15.6. The number of hydrogen-bond donors (Lipinski definition) is 2. The van der Waals surface area contributed by atoms with Crippen LogP contribution in [0.1, 0.15) is 36.9 Å². The molecule has 1 amide bonds. The number of anilines is 1. The molecule has 1 fully saturated rings. The van der Waals surface area contributed by atoms with E-state index in [9.17, 15) is 18.0 Å². The molecule has 1 aliphatic rings. The maximum atomic E-state index is 12.8. The number of rotatable bonds is 7. The number of likely N-dealkylation sites (tertiary alicyclic amines) is 1. The van der Waals surface area contributed by atoms with Crippen LogP contribution in [0.15, 0.2) is 36.8 Å². The third-order valence-electron chi connectivity index (χ3n) is 5.14. The predicted molar refractivity (Wildman–Crippen MR) is 101 cm³/mol. The van der Waals surface area contributed by atoms with E-state index in [4.69, 9.17) is 0 Å². The number of aromatic nitrogens is 2. The van der Waals surface area contributed by atoms with Crippen molar-refractivity contribution in [2.24, 2.45) is 5.92 Å². The number of aromatic amines is 1. The fourth-order valence-corrected chi connectivity index (χ4v) is 3.51. The average molecular weight is 394 g/mol. The predicted octanol–water partition coefficient (Wildman–Crippen LogP) is 4.10. The van der Waals surface area contributed by atoms with Crippen molar-refractivity contribution in [2.45, 2.75) is 38.3 Å². The van der Waals surface area contributed by atoms with E-state index in [0.29, 0.717) is 0 Å². The summed E-state index contributed by atoms with van der Waals surface area (Å²) in [5, 5.41) is 2.64. The number of nitrogens with zero attached hydrogens (tertiary/aromatic N) is 2. The molecule has 2 heterocycles. The third kappa shape index (κ3) is 5.82. The quantitative estimate of drug-likeness (QED) is 0.695. The molecule has 3 rings (SSSR count). The Balaban J connectivity index is 1.39. The van der Waals surface area contributed by atoms with Gasteiger partial charge in [0.05, 0.1) is 11.9 Å². The number of benzene rings is 1. The van der Waals surface area contributed by atoms with Crippen LogP contribution in [0.4, 0.5) is 18.9 Å². The number of carbonyl (C=O) groups is 1. The van der Waals surface area contributed by atoms with Crippen molar-refractivity contribution >= 4 is 11.6 Å². The van der Waals surface area contributed by atoms with Gasteiger partial charge in [-0.1, -0.05) is 6.07 Å². The summed E-state index contributed by atoms with van der Waals surface area (Å²) in [5.74, 6) is -0.353. The molecular weight excluding hydrogens is 369 g/mol. The Morgan fingerprint density at radius 2 is 2.04 bits per heavy atom. The number of nitrogens with one attached hydrogen (secondary N) is 2. The van der Waals surface area contributed by atoms with E-state index in [-0.39, 0.29) is 17.5 Å². The first-order valence-electron chi connectivity index (χ1n) is 9.59. The van der Waals surface area contributed by atoms with Crippen LogP contribution >= 0.6 is 0 Å². The third-order valence-corrected chi connectivity index (χ3v) is 5.14. The minimum Gasteiger partial charge on any atom is -0.348 e. The Labute approximate surface area is 162 Å². The molecule has 0 atom stereocenters. The van der Waals surface area contributed by atoms with E-state index < -0.39 is 11.7 Å². The fraction of sp³-hybridized carbons (Fsp3) is 0.500. The van der Waals surface area contributed by atoms with Crippen LogP contribution < -0.4 is 5.32 Å². The Hall–Kier alpha value is -2.35. The average Bonchev–Trinajstić information content (AvgIpc) is 3.19. The summed E-state index contributed by atoms with van der Waals surface area (Å²) in [6.45, 7) is 2.67. The molecule has 0 bridgehead atoms. The van der Waals surface area contributed by atoms with Gasteiger partial charge in [0.15, 0.2) is 0 Å². The van der Waals surface area contributed by atoms with Crippen LogP contribution in [0.3, 0.4) is 0 Å². The number of unbranched alkanes of at least 4 members (excludes halogenated alkanes) is 1. The molecule has 0 saturated carbocycles. The van der Waals surface area contributed by atoms with Crippen LogP contribution in [-0.2, 0) is 17.4 Å². The van der Waals surface area contributed by atoms with Crippen molar-refractivity contribution in [3.8, 4) is 0 Å². The molecular formula is C20H25F3N4O. The summed E-state index contributed by atoms with van der Waals surface area (Å²) in [6.07, 6.45) is 3.72. The highest BCUT2D eigenvalue weighted by atomic mass is 19.4. The molecule has 0 radical (unpaired) electrons. The van der Waals surface area contributed by atoms with Crippen molar-refractivity contribution < 1.29 is 18.0 Å². The van der Waals surface area contributed by atoms with Crippen molar-refractivity contribution in [1.82, 2.24) is 14.9 Å². The first kappa shape index (κ1) is 20.4. The number of carbonyl (C=O) groups excluding carboxylic acids is 1. The lowest BCUT2D eigenvalue weighted by atomic mass is 9.95. The van der Waals surface area contributed by atoms with Crippen molar-refractivity contribution in [1.29, 1.82) is 0 Å². The number of aryl methyl sites for hydroxylation is 1. The monoisotopic (exact) mass is 394 g/mol. The van der Waals surface area contributed by atoms with Crippen LogP contribution in [0, 0.1) is 5.92 Å². The smallest absolute Gasteiger partial charge is 0.348 e. The van der Waals surface area contributed by atoms with Crippen LogP contribution in [0.2, 0.25) is 0 Å². The topological polar surface area (TPSA) is 61.0 Å². The summed E-state index contributed by atoms with van der Waals surface area (Å²) in [6, 6.07) is 4.78. The lowest BCUT2D eigenvalue weighted by Crippen LogP contribution is -2.38. The molecule has 28 heavy (non-hydrogen) atoms. The van der Waals surface area contributed by atoms with Crippen molar-refractivity contribution in [3.05, 3.63) is 48.0 Å². The Bertz CT molecular complexity index is 753. The molecule has 0 spiro atoms. The molecule has 1 aromatic heterocycles. The molecule has 0 unspecified atom stereocenters. The van der Waals surface area contributed by atoms with Gasteiger partial charge in [-0.25, -0.2) is 4.98 Å². The van der Waals surface area contributed by atoms with E-state index in [1.54, 1.807) is 6.33 Å². The highest BCUT2D eigenvalue weighted by Crippen LogP contribution is 2.31. The SMILES string of the molecule is O=C(Nc1cccc(C(F)(F)F)c1)C1CCN(CCCCc2cnc[nH]2)CC1. The minimum atomic E-state index is -4.41. The number of piperidine rings is 1. The standard InChI is InChI=1S/C20H25F3N4O/c21-20(22,23)16-4-3-6-17(12-16)26-19(28)15-7-10-27(11-8-15)9-2-1-5-18-13-24-14-25-18/h3-4,6,12-15H,1-2,5,7-11H2,(H,24,25)(H,26,28). The van der Waals surface area contributed by atoms with Gasteiger partial charge >= 0.3 is 6.18 Å². The summed E-state index contributed by atoms with van der Waals surface area (Å²) in [4.78, 5) is 21.9. The van der Waals surface area contributed by atoms with Gasteiger partial charge in [0.1, 0.15) is 0 Å². The molecule has 8 heteroatoms. The lowest BCUT2D eigenvalue weighted by molar-refractivity contribution is -0.137. The highest BCUT2D eigenvalue weighted by Gasteiger charge is 2.31. The van der Waals surface area contributed by atoms with E-state index in [1.165, 1.54) is 12.1 Å². The highest BCUT2D eigenvalue weighted by molar-refractivity contribution is 5.92. The number of imidazole rings is 1. The van der Waals surface area contributed by atoms with Gasteiger partial charge in [0, 0.05) is 23.5 Å². The van der Waals surface area contributed by atoms with E-state index in [1.807, 2.05) is 6.20 Å². The summed E-state index contributed by atoms with van der Waals surface area (Å²) in [7, 11) is 0. The van der Waals surface area contributed by atoms with E-state index in [2.05, 4.69) is 20.2 Å². The molecule has 1 aliphatic heterocycles. The second-order valence-electron chi connectivity index (χ2n) is 7.22. The summed E-state index contributed by atoms with van der Waals surface area (Å²) >= 11 is 0. The van der Waals surface area contributed by atoms with Gasteiger partial charge in [-0.05, 0) is 69.9 Å². The molecule has 1 aromatic carbocycles. The largest absolute Gasteiger partial charge is 0.416 e. The summed E-state index contributed by atoms with van der Waals surface area (Å²) < 4.78 is 38.4. The van der Waals surface area contributed by atoms with Crippen molar-refractivity contribution in [2.75, 3.05) is 25.0 Å². The summed E-state index contributed by atoms with van der Waals surface area (Å²) in [5.41, 5.74) is 0.585. The van der Waals surface area contributed by atoms with Gasteiger partial charge < -0.3 is 15.2 Å². The Morgan fingerprint density at radius 1 is 1.25 bits per heavy atom. The van der Waals surface area contributed by atoms with Crippen molar-refractivity contribution in [3.63, 3.8) is 0 Å². The Morgan fingerprint density at radius 3 is 2.71 bits per heavy atom. The van der Waals surface area contributed by atoms with Gasteiger partial charge in [-0.15, -0.1) is 0 Å². The molecule has 152 valence electrons. The molecule has 0 aliphatic carbocycles. The van der Waals surface area contributed by atoms with Gasteiger partial charge in [-0.2, -0.15) is 13.2 Å². The number of H-pyrrole nitrogens is 1. The molecule has 1 saturated heterocycles. The second-order valence-corrected chi connectivity index (χ2v) is 7.22. The van der Waals surface area contributed by atoms with E-state index >= 15 is 0 Å². The van der Waals surface area contributed by atoms with Crippen LogP contribution in [0.25, 0.3) is 0 Å². The second kappa shape index (κ2) is 9.23. The molecule has 2 N–H and O–H groups in total. The number of amides is 1. The maximum absolute atomic E-state index is 12.8. The lowest BCUT2D eigenvalue weighted by Gasteiger charge is -2.31. The fourth-order valence-electron chi connectivity index (χ4n) is 3.51. The first-order chi connectivity index (χ1) is 13.4. The number of halogens is 3. The Kier molecular flexibility index (Phi) is 6.72. The normalized spacial score (nSPS) is 16.2.